The van der Waals surface area contributed by atoms with E-state index < -0.39 is 0 Å². The van der Waals surface area contributed by atoms with E-state index in [-0.39, 0.29) is 0 Å². The maximum absolute atomic E-state index is 3.73. The van der Waals surface area contributed by atoms with Crippen LogP contribution in [0.2, 0.25) is 0 Å². The molecule has 0 amide bonds. The molecule has 1 aromatic carbocycles. The van der Waals surface area contributed by atoms with Crippen LogP contribution >= 0.6 is 0 Å². The van der Waals surface area contributed by atoms with Crippen LogP contribution in [-0.2, 0) is 0 Å². The Morgan fingerprint density at radius 3 is 2.21 bits per heavy atom. The Morgan fingerprint density at radius 2 is 1.68 bits per heavy atom. The normalized spacial score (nSPS) is 14.6. The molecule has 0 aliphatic rings. The van der Waals surface area contributed by atoms with Gasteiger partial charge in [-0.2, -0.15) is 0 Å². The molecular formula is C18H31N. The van der Waals surface area contributed by atoms with Crippen LogP contribution in [0.5, 0.6) is 0 Å². The summed E-state index contributed by atoms with van der Waals surface area (Å²) < 4.78 is 0. The monoisotopic (exact) mass is 261 g/mol. The summed E-state index contributed by atoms with van der Waals surface area (Å²) in [5, 5.41) is 3.73. The van der Waals surface area contributed by atoms with E-state index in [0.29, 0.717) is 12.0 Å². The smallest absolute Gasteiger partial charge is 0.00727 e. The Labute approximate surface area is 119 Å². The molecule has 0 aliphatic carbocycles. The van der Waals surface area contributed by atoms with Gasteiger partial charge < -0.3 is 5.32 Å². The number of aryl methyl sites for hydroxylation is 1. The molecule has 1 rings (SSSR count). The van der Waals surface area contributed by atoms with E-state index in [1.54, 1.807) is 0 Å². The lowest BCUT2D eigenvalue weighted by Gasteiger charge is -2.23. The zero-order chi connectivity index (χ0) is 14.3. The van der Waals surface area contributed by atoms with E-state index in [2.05, 4.69) is 64.2 Å². The van der Waals surface area contributed by atoms with E-state index in [9.17, 15) is 0 Å². The third-order valence-corrected chi connectivity index (χ3v) is 3.74. The lowest BCUT2D eigenvalue weighted by molar-refractivity contribution is 0.398. The van der Waals surface area contributed by atoms with Crippen LogP contribution in [-0.4, -0.2) is 12.6 Å². The van der Waals surface area contributed by atoms with Crippen molar-refractivity contribution in [1.82, 2.24) is 5.32 Å². The topological polar surface area (TPSA) is 12.0 Å². The molecule has 0 bridgehead atoms. The molecule has 0 saturated heterocycles. The van der Waals surface area contributed by atoms with Gasteiger partial charge in [-0.25, -0.2) is 0 Å². The lowest BCUT2D eigenvalue weighted by atomic mass is 9.91. The SMILES string of the molecule is CCCC(C[C@H](C)c1ccc(C)cc1)NCC(C)C. The lowest BCUT2D eigenvalue weighted by Crippen LogP contribution is -2.33. The van der Waals surface area contributed by atoms with Crippen LogP contribution in [0.25, 0.3) is 0 Å². The van der Waals surface area contributed by atoms with Gasteiger partial charge in [0.2, 0.25) is 0 Å². The molecule has 1 heteroatoms. The zero-order valence-corrected chi connectivity index (χ0v) is 13.4. The summed E-state index contributed by atoms with van der Waals surface area (Å²) >= 11 is 0. The van der Waals surface area contributed by atoms with E-state index >= 15 is 0 Å². The van der Waals surface area contributed by atoms with Gasteiger partial charge in [0, 0.05) is 6.04 Å². The Bertz CT molecular complexity index is 339. The van der Waals surface area contributed by atoms with Crippen molar-refractivity contribution in [3.05, 3.63) is 35.4 Å². The number of hydrogen-bond donors (Lipinski definition) is 1. The molecule has 0 fully saturated rings. The summed E-state index contributed by atoms with van der Waals surface area (Å²) in [5.74, 6) is 1.37. The number of hydrogen-bond acceptors (Lipinski definition) is 1. The molecule has 1 nitrogen and oxygen atoms in total. The number of nitrogens with one attached hydrogen (secondary N) is 1. The summed E-state index contributed by atoms with van der Waals surface area (Å²) in [5.41, 5.74) is 2.82. The van der Waals surface area contributed by atoms with Gasteiger partial charge in [0.1, 0.15) is 0 Å². The van der Waals surface area contributed by atoms with Gasteiger partial charge in [0.05, 0.1) is 0 Å². The second-order valence-electron chi connectivity index (χ2n) is 6.34. The molecule has 0 saturated carbocycles. The van der Waals surface area contributed by atoms with Crippen molar-refractivity contribution in [2.24, 2.45) is 5.92 Å². The molecule has 108 valence electrons. The van der Waals surface area contributed by atoms with Crippen LogP contribution in [0.15, 0.2) is 24.3 Å². The highest BCUT2D eigenvalue weighted by Crippen LogP contribution is 2.22. The van der Waals surface area contributed by atoms with Crippen molar-refractivity contribution in [3.8, 4) is 0 Å². The van der Waals surface area contributed by atoms with E-state index in [1.165, 1.54) is 30.4 Å². The van der Waals surface area contributed by atoms with Gasteiger partial charge in [-0.05, 0) is 43.7 Å². The zero-order valence-electron chi connectivity index (χ0n) is 13.4. The average Bonchev–Trinajstić information content (AvgIpc) is 2.37. The van der Waals surface area contributed by atoms with E-state index in [1.807, 2.05) is 0 Å². The molecule has 1 unspecified atom stereocenters. The Balaban J connectivity index is 2.54. The van der Waals surface area contributed by atoms with Gasteiger partial charge >= 0.3 is 0 Å². The summed E-state index contributed by atoms with van der Waals surface area (Å²) in [6.45, 7) is 12.5. The fourth-order valence-corrected chi connectivity index (χ4v) is 2.51. The van der Waals surface area contributed by atoms with Crippen molar-refractivity contribution in [2.75, 3.05) is 6.54 Å². The predicted octanol–water partition coefficient (Wildman–Crippen LogP) is 4.90. The first-order chi connectivity index (χ1) is 9.02. The standard InChI is InChI=1S/C18H31N/c1-6-7-18(19-13-14(2)3)12-16(5)17-10-8-15(4)9-11-17/h8-11,14,16,18-19H,6-7,12-13H2,1-5H3/t16-,18?/m0/s1. The predicted molar refractivity (Wildman–Crippen MR) is 85.7 cm³/mol. The second kappa shape index (κ2) is 8.37. The minimum atomic E-state index is 0.636. The highest BCUT2D eigenvalue weighted by Gasteiger charge is 2.14. The molecule has 19 heavy (non-hydrogen) atoms. The van der Waals surface area contributed by atoms with Crippen LogP contribution < -0.4 is 5.32 Å². The van der Waals surface area contributed by atoms with Crippen LogP contribution in [0.4, 0.5) is 0 Å². The van der Waals surface area contributed by atoms with Gasteiger partial charge in [-0.15, -0.1) is 0 Å². The van der Waals surface area contributed by atoms with Crippen molar-refractivity contribution in [2.45, 2.75) is 65.8 Å². The minimum absolute atomic E-state index is 0.636. The summed E-state index contributed by atoms with van der Waals surface area (Å²) in [6.07, 6.45) is 3.78. The maximum atomic E-state index is 3.73. The third-order valence-electron chi connectivity index (χ3n) is 3.74. The fraction of sp³-hybridized carbons (Fsp3) is 0.667. The molecule has 0 aliphatic heterocycles. The maximum Gasteiger partial charge on any atom is 0.00727 e. The fourth-order valence-electron chi connectivity index (χ4n) is 2.51. The first kappa shape index (κ1) is 16.2. The highest BCUT2D eigenvalue weighted by molar-refractivity contribution is 5.24. The molecule has 2 atom stereocenters. The minimum Gasteiger partial charge on any atom is -0.314 e. The molecule has 1 aromatic rings. The van der Waals surface area contributed by atoms with Gasteiger partial charge in [-0.1, -0.05) is 63.9 Å². The summed E-state index contributed by atoms with van der Waals surface area (Å²) in [6, 6.07) is 9.67. The van der Waals surface area contributed by atoms with Crippen molar-refractivity contribution in [3.63, 3.8) is 0 Å². The second-order valence-corrected chi connectivity index (χ2v) is 6.34. The Kier molecular flexibility index (Phi) is 7.15. The van der Waals surface area contributed by atoms with E-state index in [4.69, 9.17) is 0 Å². The summed E-state index contributed by atoms with van der Waals surface area (Å²) in [7, 11) is 0. The molecule has 0 heterocycles. The number of benzene rings is 1. The average molecular weight is 261 g/mol. The van der Waals surface area contributed by atoms with Crippen LogP contribution in [0, 0.1) is 12.8 Å². The van der Waals surface area contributed by atoms with Gasteiger partial charge in [0.15, 0.2) is 0 Å². The number of rotatable bonds is 8. The van der Waals surface area contributed by atoms with Gasteiger partial charge in [0.25, 0.3) is 0 Å². The van der Waals surface area contributed by atoms with Crippen molar-refractivity contribution >= 4 is 0 Å². The Morgan fingerprint density at radius 1 is 1.05 bits per heavy atom. The van der Waals surface area contributed by atoms with Crippen LogP contribution in [0.1, 0.15) is 64.0 Å². The first-order valence-corrected chi connectivity index (χ1v) is 7.82. The van der Waals surface area contributed by atoms with Crippen molar-refractivity contribution in [1.29, 1.82) is 0 Å². The first-order valence-electron chi connectivity index (χ1n) is 7.82. The quantitative estimate of drug-likeness (QED) is 0.701. The van der Waals surface area contributed by atoms with Crippen LogP contribution in [0.3, 0.4) is 0 Å². The largest absolute Gasteiger partial charge is 0.314 e. The molecule has 1 N–H and O–H groups in total. The molecule has 0 radical (unpaired) electrons. The van der Waals surface area contributed by atoms with E-state index in [0.717, 1.165) is 12.5 Å². The van der Waals surface area contributed by atoms with Crippen molar-refractivity contribution < 1.29 is 0 Å². The third kappa shape index (κ3) is 6.24. The molecule has 0 spiro atoms. The van der Waals surface area contributed by atoms with Gasteiger partial charge in [-0.3, -0.25) is 0 Å². The highest BCUT2D eigenvalue weighted by atomic mass is 14.9. The summed E-state index contributed by atoms with van der Waals surface area (Å²) in [4.78, 5) is 0. The molecule has 0 aromatic heterocycles. The Hall–Kier alpha value is -0.820. The molecular weight excluding hydrogens is 230 g/mol.